The summed E-state index contributed by atoms with van der Waals surface area (Å²) in [5.74, 6) is 2.76. The summed E-state index contributed by atoms with van der Waals surface area (Å²) in [6.07, 6.45) is 11.7. The zero-order valence-corrected chi connectivity index (χ0v) is 10.2. The van der Waals surface area contributed by atoms with E-state index in [-0.39, 0.29) is 0 Å². The first-order valence-electron chi connectivity index (χ1n) is 6.75. The van der Waals surface area contributed by atoms with Gasteiger partial charge in [-0.15, -0.1) is 0 Å². The molecule has 4 atom stereocenters. The van der Waals surface area contributed by atoms with Crippen molar-refractivity contribution < 1.29 is 0 Å². The van der Waals surface area contributed by atoms with Crippen LogP contribution >= 0.6 is 0 Å². The van der Waals surface area contributed by atoms with Crippen molar-refractivity contribution >= 4 is 0 Å². The average Bonchev–Trinajstić information content (AvgIpc) is 2.85. The summed E-state index contributed by atoms with van der Waals surface area (Å²) in [5.41, 5.74) is 0. The fourth-order valence-corrected chi connectivity index (χ4v) is 3.25. The van der Waals surface area contributed by atoms with Gasteiger partial charge in [-0.1, -0.05) is 32.4 Å². The van der Waals surface area contributed by atoms with Crippen molar-refractivity contribution in [2.75, 3.05) is 6.54 Å². The minimum absolute atomic E-state index is 0.762. The Labute approximate surface area is 94.3 Å². The van der Waals surface area contributed by atoms with Crippen LogP contribution in [-0.2, 0) is 0 Å². The highest BCUT2D eigenvalue weighted by Crippen LogP contribution is 2.42. The quantitative estimate of drug-likeness (QED) is 0.658. The van der Waals surface area contributed by atoms with Crippen LogP contribution in [0.2, 0.25) is 0 Å². The van der Waals surface area contributed by atoms with Crippen LogP contribution in [0.25, 0.3) is 0 Å². The summed E-state index contributed by atoms with van der Waals surface area (Å²) in [7, 11) is 0. The van der Waals surface area contributed by atoms with Crippen LogP contribution < -0.4 is 5.32 Å². The average molecular weight is 207 g/mol. The molecule has 0 aromatic carbocycles. The van der Waals surface area contributed by atoms with Crippen molar-refractivity contribution in [3.8, 4) is 0 Å². The maximum absolute atomic E-state index is 3.76. The Morgan fingerprint density at radius 1 is 1.27 bits per heavy atom. The summed E-state index contributed by atoms with van der Waals surface area (Å²) in [6, 6.07) is 0.762. The molecule has 1 saturated carbocycles. The summed E-state index contributed by atoms with van der Waals surface area (Å²) >= 11 is 0. The van der Waals surface area contributed by atoms with Gasteiger partial charge >= 0.3 is 0 Å². The van der Waals surface area contributed by atoms with Gasteiger partial charge in [0, 0.05) is 6.04 Å². The number of allylic oxidation sites excluding steroid dienone is 2. The maximum Gasteiger partial charge on any atom is 0.00644 e. The molecule has 0 amide bonds. The van der Waals surface area contributed by atoms with Gasteiger partial charge in [0.25, 0.3) is 0 Å². The van der Waals surface area contributed by atoms with E-state index in [1.54, 1.807) is 0 Å². The predicted molar refractivity (Wildman–Crippen MR) is 65.8 cm³/mol. The lowest BCUT2D eigenvalue weighted by molar-refractivity contribution is 0.366. The highest BCUT2D eigenvalue weighted by atomic mass is 14.9. The van der Waals surface area contributed by atoms with Gasteiger partial charge in [-0.05, 0) is 50.0 Å². The van der Waals surface area contributed by atoms with Crippen LogP contribution in [0.5, 0.6) is 0 Å². The Balaban J connectivity index is 1.71. The van der Waals surface area contributed by atoms with Gasteiger partial charge in [0.05, 0.1) is 0 Å². The fraction of sp³-hybridized carbons (Fsp3) is 0.857. The zero-order chi connectivity index (χ0) is 10.7. The van der Waals surface area contributed by atoms with Crippen molar-refractivity contribution in [1.29, 1.82) is 0 Å². The van der Waals surface area contributed by atoms with Crippen molar-refractivity contribution in [3.63, 3.8) is 0 Å². The Bertz CT molecular complexity index is 221. The van der Waals surface area contributed by atoms with E-state index in [1.165, 1.54) is 38.6 Å². The first-order valence-corrected chi connectivity index (χ1v) is 6.75. The zero-order valence-electron chi connectivity index (χ0n) is 10.2. The van der Waals surface area contributed by atoms with Crippen LogP contribution in [0.3, 0.4) is 0 Å². The van der Waals surface area contributed by atoms with Crippen LogP contribution in [0.4, 0.5) is 0 Å². The van der Waals surface area contributed by atoms with E-state index in [0.29, 0.717) is 0 Å². The third kappa shape index (κ3) is 2.63. The number of hydrogen-bond donors (Lipinski definition) is 1. The second-order valence-corrected chi connectivity index (χ2v) is 5.34. The van der Waals surface area contributed by atoms with Crippen LogP contribution in [0.1, 0.15) is 46.0 Å². The molecule has 0 radical (unpaired) electrons. The molecule has 1 nitrogen and oxygen atoms in total. The Morgan fingerprint density at radius 3 is 2.67 bits per heavy atom. The second-order valence-electron chi connectivity index (χ2n) is 5.34. The molecule has 0 saturated heterocycles. The minimum Gasteiger partial charge on any atom is -0.314 e. The van der Waals surface area contributed by atoms with Gasteiger partial charge in [0.15, 0.2) is 0 Å². The lowest BCUT2D eigenvalue weighted by Crippen LogP contribution is -2.34. The van der Waals surface area contributed by atoms with E-state index in [4.69, 9.17) is 0 Å². The Morgan fingerprint density at radius 2 is 2.13 bits per heavy atom. The van der Waals surface area contributed by atoms with Crippen molar-refractivity contribution in [2.24, 2.45) is 17.8 Å². The molecule has 1 N–H and O–H groups in total. The Kier molecular flexibility index (Phi) is 3.85. The first kappa shape index (κ1) is 11.2. The molecule has 1 fully saturated rings. The number of rotatable bonds is 6. The molecule has 2 aliphatic carbocycles. The highest BCUT2D eigenvalue weighted by molar-refractivity contribution is 5.10. The molecule has 2 bridgehead atoms. The van der Waals surface area contributed by atoms with E-state index in [1.807, 2.05) is 0 Å². The third-order valence-electron chi connectivity index (χ3n) is 4.22. The minimum atomic E-state index is 0.762. The van der Waals surface area contributed by atoms with Crippen molar-refractivity contribution in [2.45, 2.75) is 52.0 Å². The van der Waals surface area contributed by atoms with Crippen molar-refractivity contribution in [3.05, 3.63) is 12.2 Å². The van der Waals surface area contributed by atoms with Crippen LogP contribution in [0.15, 0.2) is 12.2 Å². The lowest BCUT2D eigenvalue weighted by Gasteiger charge is -2.23. The standard InChI is InChI=1S/C14H25N/c1-3-5-14(4-2)15-10-13-9-11-6-7-12(13)8-11/h6-7,11-15H,3-5,8-10H2,1-2H3. The molecular formula is C14H25N. The molecule has 0 heterocycles. The molecule has 0 spiro atoms. The first-order chi connectivity index (χ1) is 7.33. The molecule has 15 heavy (non-hydrogen) atoms. The van der Waals surface area contributed by atoms with E-state index >= 15 is 0 Å². The van der Waals surface area contributed by atoms with Crippen LogP contribution in [0, 0.1) is 17.8 Å². The predicted octanol–water partition coefficient (Wildman–Crippen LogP) is 3.37. The van der Waals surface area contributed by atoms with Gasteiger partial charge in [-0.25, -0.2) is 0 Å². The molecule has 2 aliphatic rings. The largest absolute Gasteiger partial charge is 0.314 e. The summed E-state index contributed by atoms with van der Waals surface area (Å²) in [6.45, 7) is 5.84. The highest BCUT2D eigenvalue weighted by Gasteiger charge is 2.35. The molecule has 2 rings (SSSR count). The fourth-order valence-electron chi connectivity index (χ4n) is 3.25. The molecule has 86 valence electrons. The monoisotopic (exact) mass is 207 g/mol. The van der Waals surface area contributed by atoms with Gasteiger partial charge in [0.2, 0.25) is 0 Å². The Hall–Kier alpha value is -0.300. The molecule has 0 aliphatic heterocycles. The van der Waals surface area contributed by atoms with Crippen molar-refractivity contribution in [1.82, 2.24) is 5.32 Å². The van der Waals surface area contributed by atoms with Gasteiger partial charge < -0.3 is 5.32 Å². The molecule has 0 aromatic heterocycles. The number of nitrogens with one attached hydrogen (secondary N) is 1. The van der Waals surface area contributed by atoms with E-state index in [0.717, 1.165) is 23.8 Å². The van der Waals surface area contributed by atoms with Gasteiger partial charge in [-0.3, -0.25) is 0 Å². The summed E-state index contributed by atoms with van der Waals surface area (Å²) in [4.78, 5) is 0. The lowest BCUT2D eigenvalue weighted by atomic mass is 9.93. The number of hydrogen-bond acceptors (Lipinski definition) is 1. The SMILES string of the molecule is CCCC(CC)NCC1CC2C=CC1C2. The van der Waals surface area contributed by atoms with E-state index in [2.05, 4.69) is 31.3 Å². The maximum atomic E-state index is 3.76. The summed E-state index contributed by atoms with van der Waals surface area (Å²) in [5, 5.41) is 3.76. The summed E-state index contributed by atoms with van der Waals surface area (Å²) < 4.78 is 0. The second kappa shape index (κ2) is 5.16. The molecule has 4 unspecified atom stereocenters. The molecular weight excluding hydrogens is 182 g/mol. The molecule has 0 aromatic rings. The van der Waals surface area contributed by atoms with Gasteiger partial charge in [-0.2, -0.15) is 0 Å². The van der Waals surface area contributed by atoms with E-state index in [9.17, 15) is 0 Å². The third-order valence-corrected chi connectivity index (χ3v) is 4.22. The van der Waals surface area contributed by atoms with E-state index < -0.39 is 0 Å². The molecule has 1 heteroatoms. The topological polar surface area (TPSA) is 12.0 Å². The van der Waals surface area contributed by atoms with Gasteiger partial charge in [0.1, 0.15) is 0 Å². The number of fused-ring (bicyclic) bond motifs is 2. The smallest absolute Gasteiger partial charge is 0.00644 e. The van der Waals surface area contributed by atoms with Crippen LogP contribution in [-0.4, -0.2) is 12.6 Å². The normalized spacial score (nSPS) is 34.9.